The predicted molar refractivity (Wildman–Crippen MR) is 63.5 cm³/mol. The van der Waals surface area contributed by atoms with Gasteiger partial charge < -0.3 is 10.4 Å². The van der Waals surface area contributed by atoms with Gasteiger partial charge in [-0.25, -0.2) is 4.98 Å². The second-order valence-corrected chi connectivity index (χ2v) is 4.57. The van der Waals surface area contributed by atoms with Crippen LogP contribution in [-0.2, 0) is 0 Å². The Balaban J connectivity index is 1.98. The Kier molecular flexibility index (Phi) is 3.96. The number of hydrogen-bond donors (Lipinski definition) is 2. The van der Waals surface area contributed by atoms with Gasteiger partial charge in [0, 0.05) is 12.6 Å². The average Bonchev–Trinajstić information content (AvgIpc) is 2.66. The molecule has 16 heavy (non-hydrogen) atoms. The molecule has 0 spiro atoms. The van der Waals surface area contributed by atoms with Crippen LogP contribution in [0, 0.1) is 5.92 Å². The number of halogens is 1. The molecule has 2 unspecified atom stereocenters. The highest BCUT2D eigenvalue weighted by Crippen LogP contribution is 2.30. The van der Waals surface area contributed by atoms with Crippen LogP contribution in [0.5, 0.6) is 0 Å². The van der Waals surface area contributed by atoms with Crippen molar-refractivity contribution in [3.8, 4) is 0 Å². The van der Waals surface area contributed by atoms with Crippen LogP contribution in [0.3, 0.4) is 0 Å². The molecule has 0 saturated heterocycles. The second kappa shape index (κ2) is 5.46. The molecule has 5 heteroatoms. The number of anilines is 1. The zero-order valence-corrected chi connectivity index (χ0v) is 9.82. The summed E-state index contributed by atoms with van der Waals surface area (Å²) in [6.45, 7) is 0.254. The van der Waals surface area contributed by atoms with Crippen molar-refractivity contribution in [2.24, 2.45) is 5.92 Å². The molecule has 1 aromatic heterocycles. The Labute approximate surface area is 100 Å². The SMILES string of the molecule is OCCC1CCCC1Nc1cncc(Cl)n1. The first-order valence-corrected chi connectivity index (χ1v) is 6.02. The van der Waals surface area contributed by atoms with E-state index < -0.39 is 0 Å². The number of hydrogen-bond acceptors (Lipinski definition) is 4. The summed E-state index contributed by atoms with van der Waals surface area (Å²) < 4.78 is 0. The molecule has 1 aliphatic carbocycles. The first-order valence-electron chi connectivity index (χ1n) is 5.64. The largest absolute Gasteiger partial charge is 0.396 e. The summed E-state index contributed by atoms with van der Waals surface area (Å²) in [6.07, 6.45) is 7.56. The predicted octanol–water partition coefficient (Wildman–Crippen LogP) is 2.09. The molecule has 1 aliphatic rings. The van der Waals surface area contributed by atoms with Crippen LogP contribution in [0.15, 0.2) is 12.4 Å². The van der Waals surface area contributed by atoms with Crippen molar-refractivity contribution < 1.29 is 5.11 Å². The van der Waals surface area contributed by atoms with E-state index in [9.17, 15) is 0 Å². The van der Waals surface area contributed by atoms with Crippen LogP contribution < -0.4 is 5.32 Å². The monoisotopic (exact) mass is 241 g/mol. The lowest BCUT2D eigenvalue weighted by Gasteiger charge is -2.20. The summed E-state index contributed by atoms with van der Waals surface area (Å²) in [7, 11) is 0. The summed E-state index contributed by atoms with van der Waals surface area (Å²) in [5, 5.41) is 12.7. The maximum atomic E-state index is 8.98. The fraction of sp³-hybridized carbons (Fsp3) is 0.636. The van der Waals surface area contributed by atoms with E-state index in [-0.39, 0.29) is 6.61 Å². The fourth-order valence-electron chi connectivity index (χ4n) is 2.34. The summed E-state index contributed by atoms with van der Waals surface area (Å²) in [5.74, 6) is 1.26. The third-order valence-electron chi connectivity index (χ3n) is 3.10. The molecule has 0 amide bonds. The molecule has 0 bridgehead atoms. The van der Waals surface area contributed by atoms with E-state index in [0.717, 1.165) is 18.7 Å². The van der Waals surface area contributed by atoms with Gasteiger partial charge in [-0.15, -0.1) is 0 Å². The molecule has 2 rings (SSSR count). The summed E-state index contributed by atoms with van der Waals surface area (Å²) in [6, 6.07) is 0.389. The number of nitrogens with one attached hydrogen (secondary N) is 1. The molecule has 0 aromatic carbocycles. The molecule has 88 valence electrons. The van der Waals surface area contributed by atoms with Gasteiger partial charge in [-0.1, -0.05) is 18.0 Å². The minimum atomic E-state index is 0.254. The van der Waals surface area contributed by atoms with Crippen LogP contribution in [0.4, 0.5) is 5.82 Å². The number of nitrogens with zero attached hydrogens (tertiary/aromatic N) is 2. The van der Waals surface area contributed by atoms with Gasteiger partial charge in [0.25, 0.3) is 0 Å². The molecule has 1 aromatic rings. The van der Waals surface area contributed by atoms with Gasteiger partial charge in [-0.05, 0) is 25.2 Å². The van der Waals surface area contributed by atoms with E-state index in [4.69, 9.17) is 16.7 Å². The van der Waals surface area contributed by atoms with Gasteiger partial charge >= 0.3 is 0 Å². The van der Waals surface area contributed by atoms with Crippen molar-refractivity contribution in [3.05, 3.63) is 17.5 Å². The Morgan fingerprint density at radius 3 is 3.06 bits per heavy atom. The molecule has 0 aliphatic heterocycles. The highest BCUT2D eigenvalue weighted by atomic mass is 35.5. The quantitative estimate of drug-likeness (QED) is 0.848. The van der Waals surface area contributed by atoms with Crippen LogP contribution in [-0.4, -0.2) is 27.7 Å². The molecular weight excluding hydrogens is 226 g/mol. The average molecular weight is 242 g/mol. The van der Waals surface area contributed by atoms with Crippen molar-refractivity contribution in [2.75, 3.05) is 11.9 Å². The number of rotatable bonds is 4. The van der Waals surface area contributed by atoms with Gasteiger partial charge in [0.05, 0.1) is 12.4 Å². The number of aliphatic hydroxyl groups is 1. The third kappa shape index (κ3) is 2.83. The fourth-order valence-corrected chi connectivity index (χ4v) is 2.49. The molecule has 1 fully saturated rings. The first kappa shape index (κ1) is 11.6. The molecule has 1 heterocycles. The lowest BCUT2D eigenvalue weighted by Crippen LogP contribution is -2.25. The van der Waals surface area contributed by atoms with Crippen molar-refractivity contribution >= 4 is 17.4 Å². The molecule has 0 radical (unpaired) electrons. The summed E-state index contributed by atoms with van der Waals surface area (Å²) in [4.78, 5) is 8.15. The number of aliphatic hydroxyl groups excluding tert-OH is 1. The van der Waals surface area contributed by atoms with E-state index in [1.54, 1.807) is 6.20 Å². The van der Waals surface area contributed by atoms with E-state index >= 15 is 0 Å². The third-order valence-corrected chi connectivity index (χ3v) is 3.28. The zero-order valence-electron chi connectivity index (χ0n) is 9.06. The van der Waals surface area contributed by atoms with Gasteiger partial charge in [0.15, 0.2) is 0 Å². The van der Waals surface area contributed by atoms with Gasteiger partial charge in [0.2, 0.25) is 0 Å². The van der Waals surface area contributed by atoms with Gasteiger partial charge in [0.1, 0.15) is 11.0 Å². The highest BCUT2D eigenvalue weighted by Gasteiger charge is 2.26. The Hall–Kier alpha value is -0.870. The van der Waals surface area contributed by atoms with E-state index in [0.29, 0.717) is 17.1 Å². The first-order chi connectivity index (χ1) is 7.79. The Morgan fingerprint density at radius 2 is 2.31 bits per heavy atom. The Morgan fingerprint density at radius 1 is 1.44 bits per heavy atom. The van der Waals surface area contributed by atoms with Crippen LogP contribution in [0.2, 0.25) is 5.15 Å². The van der Waals surface area contributed by atoms with Crippen LogP contribution in [0.1, 0.15) is 25.7 Å². The lowest BCUT2D eigenvalue weighted by atomic mass is 10.0. The van der Waals surface area contributed by atoms with Crippen molar-refractivity contribution in [1.29, 1.82) is 0 Å². The number of aromatic nitrogens is 2. The molecule has 2 atom stereocenters. The normalized spacial score (nSPS) is 24.6. The van der Waals surface area contributed by atoms with Crippen molar-refractivity contribution in [3.63, 3.8) is 0 Å². The van der Waals surface area contributed by atoms with E-state index in [1.165, 1.54) is 19.0 Å². The van der Waals surface area contributed by atoms with E-state index in [1.807, 2.05) is 0 Å². The Bertz CT molecular complexity index is 348. The van der Waals surface area contributed by atoms with Crippen LogP contribution >= 0.6 is 11.6 Å². The minimum absolute atomic E-state index is 0.254. The second-order valence-electron chi connectivity index (χ2n) is 4.18. The standard InChI is InChI=1S/C11H16ClN3O/c12-10-6-13-7-11(15-10)14-9-3-1-2-8(9)4-5-16/h6-9,16H,1-5H2,(H,14,15). The minimum Gasteiger partial charge on any atom is -0.396 e. The van der Waals surface area contributed by atoms with Gasteiger partial charge in [-0.3, -0.25) is 4.98 Å². The smallest absolute Gasteiger partial charge is 0.149 e. The maximum absolute atomic E-state index is 8.98. The molecule has 4 nitrogen and oxygen atoms in total. The molecular formula is C11H16ClN3O. The highest BCUT2D eigenvalue weighted by molar-refractivity contribution is 6.29. The van der Waals surface area contributed by atoms with Crippen LogP contribution in [0.25, 0.3) is 0 Å². The van der Waals surface area contributed by atoms with Crippen molar-refractivity contribution in [2.45, 2.75) is 31.7 Å². The molecule has 2 N–H and O–H groups in total. The topological polar surface area (TPSA) is 58.0 Å². The summed E-state index contributed by atoms with van der Waals surface area (Å²) in [5.41, 5.74) is 0. The molecule has 1 saturated carbocycles. The van der Waals surface area contributed by atoms with E-state index in [2.05, 4.69) is 15.3 Å². The van der Waals surface area contributed by atoms with Gasteiger partial charge in [-0.2, -0.15) is 0 Å². The maximum Gasteiger partial charge on any atom is 0.149 e. The zero-order chi connectivity index (χ0) is 11.4. The summed E-state index contributed by atoms with van der Waals surface area (Å²) >= 11 is 5.77. The lowest BCUT2D eigenvalue weighted by molar-refractivity contribution is 0.254. The van der Waals surface area contributed by atoms with Crippen molar-refractivity contribution in [1.82, 2.24) is 9.97 Å².